The number of para-hydroxylation sites is 1. The van der Waals surface area contributed by atoms with Crippen LogP contribution in [-0.4, -0.2) is 44.0 Å². The number of amides is 1. The topological polar surface area (TPSA) is 64.8 Å². The number of hydrogen-bond donors (Lipinski definition) is 1. The fraction of sp³-hybridized carbons (Fsp3) is 0.462. The average molecular weight is 306 g/mol. The van der Waals surface area contributed by atoms with Crippen molar-refractivity contribution in [3.63, 3.8) is 0 Å². The number of carbonyl (C=O) groups excluding carboxylic acids is 1. The van der Waals surface area contributed by atoms with Crippen molar-refractivity contribution in [3.05, 3.63) is 29.8 Å². The molecule has 1 atom stereocenters. The lowest BCUT2D eigenvalue weighted by Crippen LogP contribution is -2.44. The van der Waals surface area contributed by atoms with Crippen LogP contribution in [0.25, 0.3) is 0 Å². The minimum absolute atomic E-state index is 0.0316. The lowest BCUT2D eigenvalue weighted by Gasteiger charge is -2.22. The van der Waals surface area contributed by atoms with E-state index in [1.54, 1.807) is 6.07 Å². The van der Waals surface area contributed by atoms with Crippen LogP contribution in [0.3, 0.4) is 0 Å². The fourth-order valence-electron chi connectivity index (χ4n) is 1.73. The first-order valence-corrected chi connectivity index (χ1v) is 6.07. The zero-order chi connectivity index (χ0) is 16.0. The normalized spacial score (nSPS) is 12.9. The van der Waals surface area contributed by atoms with Crippen molar-refractivity contribution >= 4 is 5.91 Å². The standard InChI is InChI=1S/C13H17F3N2O3/c1-18(12(19)10(17)8-20-2)7-9-5-3-4-6-11(9)21-13(14,15)16/h3-6,10H,7-8,17H2,1-2H3. The predicted octanol–water partition coefficient (Wildman–Crippen LogP) is 1.52. The van der Waals surface area contributed by atoms with Crippen LogP contribution in [0.4, 0.5) is 13.2 Å². The smallest absolute Gasteiger partial charge is 0.405 e. The summed E-state index contributed by atoms with van der Waals surface area (Å²) >= 11 is 0. The van der Waals surface area contributed by atoms with Crippen molar-refractivity contribution < 1.29 is 27.4 Å². The van der Waals surface area contributed by atoms with E-state index < -0.39 is 18.3 Å². The van der Waals surface area contributed by atoms with E-state index in [9.17, 15) is 18.0 Å². The van der Waals surface area contributed by atoms with Gasteiger partial charge in [0.05, 0.1) is 6.61 Å². The number of ether oxygens (including phenoxy) is 2. The minimum Gasteiger partial charge on any atom is -0.405 e. The molecule has 0 aliphatic heterocycles. The van der Waals surface area contributed by atoms with Gasteiger partial charge in [-0.2, -0.15) is 0 Å². The maximum atomic E-state index is 12.3. The van der Waals surface area contributed by atoms with Crippen LogP contribution < -0.4 is 10.5 Å². The summed E-state index contributed by atoms with van der Waals surface area (Å²) in [6.07, 6.45) is -4.79. The van der Waals surface area contributed by atoms with Gasteiger partial charge in [0.15, 0.2) is 0 Å². The molecule has 0 bridgehead atoms. The van der Waals surface area contributed by atoms with Gasteiger partial charge in [0, 0.05) is 26.3 Å². The summed E-state index contributed by atoms with van der Waals surface area (Å²) in [7, 11) is 2.85. The third-order valence-electron chi connectivity index (χ3n) is 2.65. The first-order chi connectivity index (χ1) is 9.74. The molecule has 2 N–H and O–H groups in total. The molecule has 0 spiro atoms. The first kappa shape index (κ1) is 17.3. The Hall–Kier alpha value is -1.80. The molecule has 1 amide bonds. The van der Waals surface area contributed by atoms with Gasteiger partial charge in [-0.15, -0.1) is 13.2 Å². The number of alkyl halides is 3. The van der Waals surface area contributed by atoms with E-state index in [2.05, 4.69) is 4.74 Å². The Morgan fingerprint density at radius 1 is 1.38 bits per heavy atom. The third kappa shape index (κ3) is 5.60. The predicted molar refractivity (Wildman–Crippen MR) is 69.5 cm³/mol. The van der Waals surface area contributed by atoms with Gasteiger partial charge in [-0.1, -0.05) is 18.2 Å². The highest BCUT2D eigenvalue weighted by Crippen LogP contribution is 2.26. The Kier molecular flexibility index (Phi) is 5.98. The molecule has 21 heavy (non-hydrogen) atoms. The third-order valence-corrected chi connectivity index (χ3v) is 2.65. The Morgan fingerprint density at radius 2 is 2.00 bits per heavy atom. The molecule has 5 nitrogen and oxygen atoms in total. The summed E-state index contributed by atoms with van der Waals surface area (Å²) in [4.78, 5) is 13.1. The SMILES string of the molecule is COCC(N)C(=O)N(C)Cc1ccccc1OC(F)(F)F. The van der Waals surface area contributed by atoms with Gasteiger partial charge < -0.3 is 20.1 Å². The number of likely N-dealkylation sites (N-methyl/N-ethyl adjacent to an activating group) is 1. The Bertz CT molecular complexity index is 480. The molecule has 1 aromatic rings. The number of hydrogen-bond acceptors (Lipinski definition) is 4. The quantitative estimate of drug-likeness (QED) is 0.865. The molecule has 1 aromatic carbocycles. The lowest BCUT2D eigenvalue weighted by atomic mass is 10.2. The molecule has 0 radical (unpaired) electrons. The second-order valence-corrected chi connectivity index (χ2v) is 4.41. The van der Waals surface area contributed by atoms with Crippen LogP contribution in [0.2, 0.25) is 0 Å². The lowest BCUT2D eigenvalue weighted by molar-refractivity contribution is -0.275. The van der Waals surface area contributed by atoms with E-state index in [1.807, 2.05) is 0 Å². The Balaban J connectivity index is 2.80. The molecular formula is C13H17F3N2O3. The second kappa shape index (κ2) is 7.28. The van der Waals surface area contributed by atoms with Crippen molar-refractivity contribution in [2.75, 3.05) is 20.8 Å². The highest BCUT2D eigenvalue weighted by Gasteiger charge is 2.32. The van der Waals surface area contributed by atoms with E-state index in [1.165, 1.54) is 37.3 Å². The molecule has 0 fully saturated rings. The molecule has 0 heterocycles. The first-order valence-electron chi connectivity index (χ1n) is 6.07. The van der Waals surface area contributed by atoms with Crippen LogP contribution in [0, 0.1) is 0 Å². The monoisotopic (exact) mass is 306 g/mol. The second-order valence-electron chi connectivity index (χ2n) is 4.41. The van der Waals surface area contributed by atoms with Crippen molar-refractivity contribution in [2.45, 2.75) is 18.9 Å². The summed E-state index contributed by atoms with van der Waals surface area (Å²) in [5.41, 5.74) is 5.83. The summed E-state index contributed by atoms with van der Waals surface area (Å²) < 4.78 is 45.6. The molecule has 8 heteroatoms. The summed E-state index contributed by atoms with van der Waals surface area (Å²) in [6.45, 7) is -0.0215. The minimum atomic E-state index is -4.79. The van der Waals surface area contributed by atoms with Gasteiger partial charge >= 0.3 is 6.36 Å². The van der Waals surface area contributed by atoms with Gasteiger partial charge in [0.2, 0.25) is 5.91 Å². The van der Waals surface area contributed by atoms with E-state index in [0.29, 0.717) is 0 Å². The molecule has 1 rings (SSSR count). The van der Waals surface area contributed by atoms with Gasteiger partial charge in [-0.25, -0.2) is 0 Å². The fourth-order valence-corrected chi connectivity index (χ4v) is 1.73. The molecule has 0 aliphatic carbocycles. The van der Waals surface area contributed by atoms with E-state index in [-0.39, 0.29) is 24.5 Å². The van der Waals surface area contributed by atoms with Crippen molar-refractivity contribution in [1.29, 1.82) is 0 Å². The largest absolute Gasteiger partial charge is 0.573 e. The molecule has 118 valence electrons. The van der Waals surface area contributed by atoms with Crippen LogP contribution in [-0.2, 0) is 16.1 Å². The van der Waals surface area contributed by atoms with Crippen LogP contribution >= 0.6 is 0 Å². The van der Waals surface area contributed by atoms with Gasteiger partial charge in [-0.3, -0.25) is 4.79 Å². The van der Waals surface area contributed by atoms with Crippen molar-refractivity contribution in [1.82, 2.24) is 4.90 Å². The zero-order valence-corrected chi connectivity index (χ0v) is 11.7. The highest BCUT2D eigenvalue weighted by molar-refractivity contribution is 5.81. The number of nitrogens with zero attached hydrogens (tertiary/aromatic N) is 1. The maximum Gasteiger partial charge on any atom is 0.573 e. The number of carbonyl (C=O) groups is 1. The number of benzene rings is 1. The van der Waals surface area contributed by atoms with E-state index in [4.69, 9.17) is 10.5 Å². The Morgan fingerprint density at radius 3 is 2.57 bits per heavy atom. The van der Waals surface area contributed by atoms with Crippen LogP contribution in [0.1, 0.15) is 5.56 Å². The average Bonchev–Trinajstić information content (AvgIpc) is 2.38. The summed E-state index contributed by atoms with van der Waals surface area (Å²) in [6, 6.07) is 4.76. The summed E-state index contributed by atoms with van der Waals surface area (Å²) in [5.74, 6) is -0.774. The molecule has 0 saturated carbocycles. The van der Waals surface area contributed by atoms with Crippen LogP contribution in [0.15, 0.2) is 24.3 Å². The number of methoxy groups -OCH3 is 1. The number of nitrogens with two attached hydrogens (primary N) is 1. The van der Waals surface area contributed by atoms with Gasteiger partial charge in [-0.05, 0) is 6.07 Å². The Labute approximate surface area is 120 Å². The maximum absolute atomic E-state index is 12.3. The number of halogens is 3. The van der Waals surface area contributed by atoms with E-state index >= 15 is 0 Å². The summed E-state index contributed by atoms with van der Waals surface area (Å²) in [5, 5.41) is 0. The van der Waals surface area contributed by atoms with Crippen molar-refractivity contribution in [3.8, 4) is 5.75 Å². The van der Waals surface area contributed by atoms with Gasteiger partial charge in [0.25, 0.3) is 0 Å². The molecule has 0 saturated heterocycles. The molecular weight excluding hydrogens is 289 g/mol. The zero-order valence-electron chi connectivity index (χ0n) is 11.7. The molecule has 1 unspecified atom stereocenters. The highest BCUT2D eigenvalue weighted by atomic mass is 19.4. The number of rotatable bonds is 6. The van der Waals surface area contributed by atoms with Crippen LogP contribution in [0.5, 0.6) is 5.75 Å². The van der Waals surface area contributed by atoms with Crippen molar-refractivity contribution in [2.24, 2.45) is 5.73 Å². The molecule has 0 aliphatic rings. The van der Waals surface area contributed by atoms with Gasteiger partial charge in [0.1, 0.15) is 11.8 Å². The molecule has 0 aromatic heterocycles. The van der Waals surface area contributed by atoms with E-state index in [0.717, 1.165) is 0 Å².